The number of rotatable bonds is 7. The van der Waals surface area contributed by atoms with Gasteiger partial charge >= 0.3 is 0 Å². The first-order valence-corrected chi connectivity index (χ1v) is 12.7. The van der Waals surface area contributed by atoms with Gasteiger partial charge in [-0.2, -0.15) is 4.99 Å². The van der Waals surface area contributed by atoms with E-state index in [9.17, 15) is 23.3 Å². The number of aryl methyl sites for hydroxylation is 1. The summed E-state index contributed by atoms with van der Waals surface area (Å²) in [5.41, 5.74) is 2.16. The molecule has 4 aromatic rings. The van der Waals surface area contributed by atoms with Crippen LogP contribution < -0.4 is 9.52 Å². The molecule has 4 rings (SSSR count). The second kappa shape index (κ2) is 9.65. The van der Waals surface area contributed by atoms with Gasteiger partial charge in [-0.25, -0.2) is 8.42 Å². The molecule has 0 aliphatic heterocycles. The fourth-order valence-corrected chi connectivity index (χ4v) is 5.46. The lowest BCUT2D eigenvalue weighted by Crippen LogP contribution is -2.16. The number of aromatic nitrogens is 1. The molecule has 1 heterocycles. The number of non-ortho nitro benzene ring substituents is 1. The molecule has 0 saturated heterocycles. The molecule has 0 unspecified atom stereocenters. The fourth-order valence-electron chi connectivity index (χ4n) is 3.33. The number of benzene rings is 3. The second-order valence-electron chi connectivity index (χ2n) is 7.61. The molecule has 0 bridgehead atoms. The first kappa shape index (κ1) is 24.0. The van der Waals surface area contributed by atoms with Crippen molar-refractivity contribution < 1.29 is 18.1 Å². The molecule has 0 aliphatic carbocycles. The minimum Gasteiger partial charge on any atom is -0.312 e. The molecule has 0 radical (unpaired) electrons. The van der Waals surface area contributed by atoms with E-state index in [4.69, 9.17) is 0 Å². The van der Waals surface area contributed by atoms with E-state index >= 15 is 0 Å². The number of hydrogen-bond acceptors (Lipinski definition) is 6. The standard InChI is InChI=1S/C24H20N4O5S2/c1-3-14-27-21-13-10-19(28(30)31)15-22(21)34-24(27)25-23(29)17-6-8-18(9-7-17)26-35(32,33)20-11-4-16(2)5-12-20/h3-13,15,26H,1,14H2,2H3. The smallest absolute Gasteiger partial charge is 0.279 e. The molecule has 1 amide bonds. The molecule has 1 aromatic heterocycles. The molecule has 11 heteroatoms. The Kier molecular flexibility index (Phi) is 6.63. The van der Waals surface area contributed by atoms with Crippen LogP contribution in [0.3, 0.4) is 0 Å². The van der Waals surface area contributed by atoms with E-state index in [1.54, 1.807) is 28.8 Å². The zero-order chi connectivity index (χ0) is 25.2. The number of nitro groups is 1. The highest BCUT2D eigenvalue weighted by Gasteiger charge is 2.15. The number of allylic oxidation sites excluding steroid dienone is 1. The maximum atomic E-state index is 12.8. The van der Waals surface area contributed by atoms with E-state index in [2.05, 4.69) is 16.3 Å². The molecule has 0 saturated carbocycles. The van der Waals surface area contributed by atoms with Crippen molar-refractivity contribution in [3.05, 3.63) is 105 Å². The van der Waals surface area contributed by atoms with Gasteiger partial charge in [0.05, 0.1) is 20.0 Å². The molecule has 0 atom stereocenters. The molecule has 3 aromatic carbocycles. The third-order valence-electron chi connectivity index (χ3n) is 5.10. The first-order valence-electron chi connectivity index (χ1n) is 10.4. The topological polar surface area (TPSA) is 124 Å². The van der Waals surface area contributed by atoms with Gasteiger partial charge in [0.1, 0.15) is 0 Å². The van der Waals surface area contributed by atoms with Gasteiger partial charge in [0.15, 0.2) is 4.80 Å². The van der Waals surface area contributed by atoms with Gasteiger partial charge in [-0.15, -0.1) is 6.58 Å². The summed E-state index contributed by atoms with van der Waals surface area (Å²) in [6.07, 6.45) is 1.64. The Hall–Kier alpha value is -4.09. The lowest BCUT2D eigenvalue weighted by atomic mass is 10.2. The Balaban J connectivity index is 1.62. The average molecular weight is 509 g/mol. The first-order chi connectivity index (χ1) is 16.7. The number of sulfonamides is 1. The quantitative estimate of drug-likeness (QED) is 0.221. The number of carbonyl (C=O) groups excluding carboxylic acids is 1. The van der Waals surface area contributed by atoms with Crippen LogP contribution in [-0.4, -0.2) is 23.8 Å². The van der Waals surface area contributed by atoms with Crippen molar-refractivity contribution in [1.29, 1.82) is 0 Å². The van der Waals surface area contributed by atoms with Gasteiger partial charge in [-0.1, -0.05) is 35.1 Å². The van der Waals surface area contributed by atoms with Crippen LogP contribution in [0.4, 0.5) is 11.4 Å². The lowest BCUT2D eigenvalue weighted by Gasteiger charge is -2.08. The van der Waals surface area contributed by atoms with Crippen LogP contribution in [0.2, 0.25) is 0 Å². The van der Waals surface area contributed by atoms with Crippen molar-refractivity contribution in [3.63, 3.8) is 0 Å². The number of fused-ring (bicyclic) bond motifs is 1. The molecular weight excluding hydrogens is 488 g/mol. The van der Waals surface area contributed by atoms with E-state index in [0.29, 0.717) is 27.3 Å². The molecule has 1 N–H and O–H groups in total. The largest absolute Gasteiger partial charge is 0.312 e. The predicted molar refractivity (Wildman–Crippen MR) is 135 cm³/mol. The van der Waals surface area contributed by atoms with Gasteiger partial charge in [0, 0.05) is 29.9 Å². The number of nitrogens with one attached hydrogen (secondary N) is 1. The number of carbonyl (C=O) groups is 1. The third kappa shape index (κ3) is 5.20. The van der Waals surface area contributed by atoms with Gasteiger partial charge in [-0.3, -0.25) is 19.6 Å². The molecule has 0 fully saturated rings. The predicted octanol–water partition coefficient (Wildman–Crippen LogP) is 4.65. The monoisotopic (exact) mass is 508 g/mol. The molecule has 178 valence electrons. The lowest BCUT2D eigenvalue weighted by molar-refractivity contribution is -0.384. The zero-order valence-corrected chi connectivity index (χ0v) is 20.2. The maximum absolute atomic E-state index is 12.8. The van der Waals surface area contributed by atoms with Crippen LogP contribution in [0.15, 0.2) is 89.3 Å². The van der Waals surface area contributed by atoms with E-state index in [0.717, 1.165) is 16.9 Å². The fraction of sp³-hybridized carbons (Fsp3) is 0.0833. The number of amides is 1. The van der Waals surface area contributed by atoms with Crippen molar-refractivity contribution in [2.75, 3.05) is 4.72 Å². The van der Waals surface area contributed by atoms with E-state index in [1.807, 2.05) is 6.92 Å². The van der Waals surface area contributed by atoms with Crippen molar-refractivity contribution in [2.45, 2.75) is 18.4 Å². The Bertz CT molecular complexity index is 1620. The number of thiazole rings is 1. The Morgan fingerprint density at radius 1 is 1.14 bits per heavy atom. The Morgan fingerprint density at radius 2 is 1.83 bits per heavy atom. The van der Waals surface area contributed by atoms with Crippen molar-refractivity contribution >= 4 is 48.9 Å². The van der Waals surface area contributed by atoms with Crippen LogP contribution >= 0.6 is 11.3 Å². The summed E-state index contributed by atoms with van der Waals surface area (Å²) in [4.78, 5) is 28.2. The zero-order valence-electron chi connectivity index (χ0n) is 18.5. The van der Waals surface area contributed by atoms with Gasteiger partial charge in [-0.05, 0) is 49.4 Å². The van der Waals surface area contributed by atoms with Crippen LogP contribution in [0.25, 0.3) is 10.2 Å². The van der Waals surface area contributed by atoms with Gasteiger partial charge < -0.3 is 4.57 Å². The minimum atomic E-state index is -3.77. The number of hydrogen-bond donors (Lipinski definition) is 1. The third-order valence-corrected chi connectivity index (χ3v) is 7.54. The normalized spacial score (nSPS) is 12.0. The highest BCUT2D eigenvalue weighted by Crippen LogP contribution is 2.23. The summed E-state index contributed by atoms with van der Waals surface area (Å²) in [5.74, 6) is -0.531. The van der Waals surface area contributed by atoms with Crippen LogP contribution in [0, 0.1) is 17.0 Å². The second-order valence-corrected chi connectivity index (χ2v) is 10.3. The van der Waals surface area contributed by atoms with Crippen LogP contribution in [0.5, 0.6) is 0 Å². The van der Waals surface area contributed by atoms with Gasteiger partial charge in [0.2, 0.25) is 0 Å². The Morgan fingerprint density at radius 3 is 2.46 bits per heavy atom. The van der Waals surface area contributed by atoms with E-state index in [1.165, 1.54) is 48.5 Å². The van der Waals surface area contributed by atoms with Crippen molar-refractivity contribution in [3.8, 4) is 0 Å². The average Bonchev–Trinajstić information content (AvgIpc) is 3.16. The van der Waals surface area contributed by atoms with E-state index in [-0.39, 0.29) is 16.1 Å². The van der Waals surface area contributed by atoms with Gasteiger partial charge in [0.25, 0.3) is 21.6 Å². The Labute approximate surface area is 204 Å². The van der Waals surface area contributed by atoms with Crippen molar-refractivity contribution in [2.24, 2.45) is 4.99 Å². The SMILES string of the molecule is C=CCn1c(=NC(=O)c2ccc(NS(=O)(=O)c3ccc(C)cc3)cc2)sc2cc([N+](=O)[O-])ccc21. The number of anilines is 1. The summed E-state index contributed by atoms with van der Waals surface area (Å²) < 4.78 is 30.0. The summed E-state index contributed by atoms with van der Waals surface area (Å²) in [6, 6.07) is 16.9. The molecule has 9 nitrogen and oxygen atoms in total. The summed E-state index contributed by atoms with van der Waals surface area (Å²) in [6.45, 7) is 5.96. The molecular formula is C24H20N4O5S2. The molecule has 35 heavy (non-hydrogen) atoms. The summed E-state index contributed by atoms with van der Waals surface area (Å²) in [5, 5.41) is 11.1. The molecule has 0 aliphatic rings. The summed E-state index contributed by atoms with van der Waals surface area (Å²) >= 11 is 1.16. The van der Waals surface area contributed by atoms with Crippen LogP contribution in [-0.2, 0) is 16.6 Å². The number of nitro benzene ring substituents is 1. The maximum Gasteiger partial charge on any atom is 0.279 e. The molecule has 0 spiro atoms. The summed E-state index contributed by atoms with van der Waals surface area (Å²) in [7, 11) is -3.77. The highest BCUT2D eigenvalue weighted by molar-refractivity contribution is 7.92. The number of nitrogens with zero attached hydrogens (tertiary/aromatic N) is 3. The minimum absolute atomic E-state index is 0.0499. The highest BCUT2D eigenvalue weighted by atomic mass is 32.2. The van der Waals surface area contributed by atoms with E-state index < -0.39 is 20.9 Å². The van der Waals surface area contributed by atoms with Crippen molar-refractivity contribution in [1.82, 2.24) is 4.57 Å². The van der Waals surface area contributed by atoms with Crippen LogP contribution in [0.1, 0.15) is 15.9 Å².